The van der Waals surface area contributed by atoms with Crippen LogP contribution in [0.15, 0.2) is 36.4 Å². The first-order valence-electron chi connectivity index (χ1n) is 5.10. The second kappa shape index (κ2) is 6.23. The molecule has 0 aliphatic heterocycles. The van der Waals surface area contributed by atoms with Crippen LogP contribution in [0.25, 0.3) is 0 Å². The third-order valence-electron chi connectivity index (χ3n) is 2.55. The molecule has 0 nitrogen and oxygen atoms in total. The Bertz CT molecular complexity index is 532. The molecule has 2 aromatic carbocycles. The zero-order valence-corrected chi connectivity index (χ0v) is 14.9. The molecule has 0 unspecified atom stereocenters. The molecule has 0 radical (unpaired) electrons. The molecule has 2 aromatic rings. The van der Waals surface area contributed by atoms with Gasteiger partial charge in [-0.15, -0.1) is 0 Å². The Kier molecular flexibility index (Phi) is 5.12. The van der Waals surface area contributed by atoms with Gasteiger partial charge < -0.3 is 0 Å². The zero-order valence-electron chi connectivity index (χ0n) is 9.05. The van der Waals surface area contributed by atoms with E-state index in [4.69, 9.17) is 46.4 Å². The fourth-order valence-electron chi connectivity index (χ4n) is 1.58. The van der Waals surface area contributed by atoms with Crippen molar-refractivity contribution in [3.63, 3.8) is 0 Å². The van der Waals surface area contributed by atoms with Gasteiger partial charge in [-0.2, -0.15) is 0 Å². The Morgan fingerprint density at radius 3 is 1.39 bits per heavy atom. The van der Waals surface area contributed by atoms with Crippen LogP contribution in [0.2, 0.25) is 20.1 Å². The van der Waals surface area contributed by atoms with Crippen molar-refractivity contribution in [3.8, 4) is 0 Å². The maximum absolute atomic E-state index is 6.03. The quantitative estimate of drug-likeness (QED) is 0.555. The van der Waals surface area contributed by atoms with Crippen molar-refractivity contribution >= 4 is 68.9 Å². The topological polar surface area (TPSA) is 0 Å². The molecule has 0 aliphatic carbocycles. The van der Waals surface area contributed by atoms with Crippen molar-refractivity contribution in [2.75, 3.05) is 0 Å². The summed E-state index contributed by atoms with van der Waals surface area (Å²) < 4.78 is 0.265. The molecule has 0 fully saturated rings. The van der Waals surface area contributed by atoms with Crippen LogP contribution in [0, 0.1) is 0 Å². The van der Waals surface area contributed by atoms with Crippen molar-refractivity contribution in [2.45, 2.75) is 3.93 Å². The predicted octanol–water partition coefficient (Wildman–Crippen LogP) is 5.56. The van der Waals surface area contributed by atoms with Gasteiger partial charge in [-0.25, -0.2) is 0 Å². The normalized spacial score (nSPS) is 11.1. The van der Waals surface area contributed by atoms with Gasteiger partial charge in [0.1, 0.15) is 0 Å². The minimum atomic E-state index is 0.265. The first-order chi connectivity index (χ1) is 8.49. The van der Waals surface area contributed by atoms with E-state index in [0.717, 1.165) is 11.1 Å². The van der Waals surface area contributed by atoms with Gasteiger partial charge in [0.05, 0.1) is 0 Å². The molecule has 0 atom stereocenters. The maximum atomic E-state index is 6.03. The molecule has 2 rings (SSSR count). The SMILES string of the molecule is Clc1ccc([CH]([Sn+3])c2ccc(Cl)c(Cl)c2)cc1Cl. The summed E-state index contributed by atoms with van der Waals surface area (Å²) in [5.74, 6) is 0. The van der Waals surface area contributed by atoms with Crippen LogP contribution in [-0.4, -0.2) is 22.5 Å². The van der Waals surface area contributed by atoms with E-state index in [1.807, 2.05) is 36.4 Å². The number of benzene rings is 2. The molecule has 0 N–H and O–H groups in total. The predicted molar refractivity (Wildman–Crippen MR) is 80.5 cm³/mol. The Morgan fingerprint density at radius 2 is 1.06 bits per heavy atom. The fraction of sp³-hybridized carbons (Fsp3) is 0.0769. The molecule has 0 saturated heterocycles. The molecule has 88 valence electrons. The van der Waals surface area contributed by atoms with Gasteiger partial charge in [0.15, 0.2) is 0 Å². The number of rotatable bonds is 2. The second-order valence-electron chi connectivity index (χ2n) is 3.78. The van der Waals surface area contributed by atoms with E-state index in [1.54, 1.807) is 0 Å². The van der Waals surface area contributed by atoms with Crippen molar-refractivity contribution < 1.29 is 0 Å². The van der Waals surface area contributed by atoms with Gasteiger partial charge in [-0.05, 0) is 0 Å². The molecule has 0 aliphatic rings. The van der Waals surface area contributed by atoms with Gasteiger partial charge in [-0.3, -0.25) is 0 Å². The molecule has 0 aromatic heterocycles. The van der Waals surface area contributed by atoms with E-state index < -0.39 is 0 Å². The Balaban J connectivity index is 2.37. The van der Waals surface area contributed by atoms with Gasteiger partial charge in [0, 0.05) is 0 Å². The summed E-state index contributed by atoms with van der Waals surface area (Å²) in [7, 11) is 0. The number of halogens is 4. The van der Waals surface area contributed by atoms with Crippen molar-refractivity contribution in [2.24, 2.45) is 0 Å². The summed E-state index contributed by atoms with van der Waals surface area (Å²) in [6.45, 7) is 0. The standard InChI is InChI=1S/C13H7Cl4.Sn/c14-10-3-1-8(6-12(10)16)5-9-2-4-11(15)13(17)7-9;/h1-7H;/q;+3. The Labute approximate surface area is 139 Å². The van der Waals surface area contributed by atoms with Crippen LogP contribution < -0.4 is 0 Å². The summed E-state index contributed by atoms with van der Waals surface area (Å²) in [5.41, 5.74) is 2.25. The molecule has 0 bridgehead atoms. The first kappa shape index (κ1) is 14.8. The Hall–Kier alpha value is 0.399. The summed E-state index contributed by atoms with van der Waals surface area (Å²) in [6.07, 6.45) is 0. The molecule has 0 amide bonds. The van der Waals surface area contributed by atoms with E-state index in [2.05, 4.69) is 0 Å². The van der Waals surface area contributed by atoms with E-state index in [-0.39, 0.29) is 3.93 Å². The number of hydrogen-bond donors (Lipinski definition) is 0. The minimum absolute atomic E-state index is 0.265. The van der Waals surface area contributed by atoms with E-state index in [1.165, 1.54) is 22.5 Å². The summed E-state index contributed by atoms with van der Waals surface area (Å²) in [4.78, 5) is 0. The average molecular weight is 424 g/mol. The van der Waals surface area contributed by atoms with E-state index in [9.17, 15) is 0 Å². The number of hydrogen-bond acceptors (Lipinski definition) is 0. The van der Waals surface area contributed by atoms with Crippen molar-refractivity contribution in [3.05, 3.63) is 67.6 Å². The van der Waals surface area contributed by atoms with E-state index >= 15 is 0 Å². The Morgan fingerprint density at radius 1 is 0.667 bits per heavy atom. The molecule has 0 spiro atoms. The van der Waals surface area contributed by atoms with Gasteiger partial charge >= 0.3 is 140 Å². The van der Waals surface area contributed by atoms with Gasteiger partial charge in [0.2, 0.25) is 0 Å². The summed E-state index contributed by atoms with van der Waals surface area (Å²) >= 11 is 25.2. The van der Waals surface area contributed by atoms with Gasteiger partial charge in [-0.1, -0.05) is 0 Å². The van der Waals surface area contributed by atoms with E-state index in [0.29, 0.717) is 20.1 Å². The van der Waals surface area contributed by atoms with Crippen molar-refractivity contribution in [1.29, 1.82) is 0 Å². The summed E-state index contributed by atoms with van der Waals surface area (Å²) in [6, 6.07) is 11.4. The second-order valence-corrected chi connectivity index (χ2v) is 7.06. The van der Waals surface area contributed by atoms with Crippen LogP contribution in [0.1, 0.15) is 15.1 Å². The third kappa shape index (κ3) is 3.29. The zero-order chi connectivity index (χ0) is 13.3. The van der Waals surface area contributed by atoms with Crippen LogP contribution in [-0.2, 0) is 0 Å². The first-order valence-corrected chi connectivity index (χ1v) is 8.26. The molecular weight excluding hydrogens is 417 g/mol. The molecule has 0 saturated carbocycles. The summed E-state index contributed by atoms with van der Waals surface area (Å²) in [5, 5.41) is 2.28. The van der Waals surface area contributed by atoms with Crippen LogP contribution >= 0.6 is 46.4 Å². The molecular formula is C13H7Cl4Sn+3. The molecule has 0 heterocycles. The van der Waals surface area contributed by atoms with Crippen LogP contribution in [0.3, 0.4) is 0 Å². The third-order valence-corrected chi connectivity index (χ3v) is 5.93. The monoisotopic (exact) mass is 423 g/mol. The average Bonchev–Trinajstić information content (AvgIpc) is 2.35. The van der Waals surface area contributed by atoms with Crippen LogP contribution in [0.4, 0.5) is 0 Å². The molecule has 18 heavy (non-hydrogen) atoms. The van der Waals surface area contributed by atoms with Crippen LogP contribution in [0.5, 0.6) is 0 Å². The fourth-order valence-corrected chi connectivity index (χ4v) is 3.21. The van der Waals surface area contributed by atoms with Crippen molar-refractivity contribution in [1.82, 2.24) is 0 Å². The van der Waals surface area contributed by atoms with Gasteiger partial charge in [0.25, 0.3) is 0 Å². The molecule has 5 heteroatoms.